The number of hydrogen-bond acceptors (Lipinski definition) is 4. The Morgan fingerprint density at radius 3 is 2.55 bits per heavy atom. The number of urea groups is 1. The molecule has 0 radical (unpaired) electrons. The Hall–Kier alpha value is -4.69. The van der Waals surface area contributed by atoms with Gasteiger partial charge in [-0.3, -0.25) is 19.7 Å². The zero-order chi connectivity index (χ0) is 27.0. The molecular formula is C29H23ClN4O4. The van der Waals surface area contributed by atoms with Crippen LogP contribution in [-0.4, -0.2) is 28.3 Å². The Kier molecular flexibility index (Phi) is 6.57. The predicted octanol–water partition coefficient (Wildman–Crippen LogP) is 5.22. The molecule has 1 saturated heterocycles. The van der Waals surface area contributed by atoms with E-state index in [9.17, 15) is 19.2 Å². The molecule has 4 aromatic rings. The number of carbonyl (C=O) groups is 4. The van der Waals surface area contributed by atoms with Gasteiger partial charge in [0.15, 0.2) is 0 Å². The molecule has 1 aliphatic heterocycles. The van der Waals surface area contributed by atoms with Gasteiger partial charge in [-0.15, -0.1) is 0 Å². The molecule has 0 saturated carbocycles. The number of aromatic nitrogens is 1. The summed E-state index contributed by atoms with van der Waals surface area (Å²) < 4.78 is 1.75. The SMILES string of the molecule is Cc1cccc(NC(=O)Cn2cc(/C=C3\C(=O)NC(=O)N(c4cccc(Cl)c4C)C3=O)c3ccccc32)c1. The highest BCUT2D eigenvalue weighted by Crippen LogP contribution is 2.30. The summed E-state index contributed by atoms with van der Waals surface area (Å²) in [6, 6.07) is 18.9. The third kappa shape index (κ3) is 4.69. The number of para-hydroxylation sites is 1. The van der Waals surface area contributed by atoms with Crippen molar-refractivity contribution in [1.82, 2.24) is 9.88 Å². The number of rotatable bonds is 5. The molecule has 8 nitrogen and oxygen atoms in total. The second-order valence-electron chi connectivity index (χ2n) is 8.99. The molecular weight excluding hydrogens is 504 g/mol. The standard InChI is InChI=1S/C29H23ClN4O4/c1-17-7-5-8-20(13-17)31-26(35)16-33-15-19(21-9-3-4-11-25(21)33)14-22-27(36)32-29(38)34(28(22)37)24-12-6-10-23(30)18(24)2/h3-15H,16H2,1-2H3,(H,31,35)(H,32,36,38)/b22-14+. The lowest BCUT2D eigenvalue weighted by Crippen LogP contribution is -2.54. The first-order chi connectivity index (χ1) is 18.2. The van der Waals surface area contributed by atoms with E-state index in [2.05, 4.69) is 10.6 Å². The Bertz CT molecular complexity index is 1670. The van der Waals surface area contributed by atoms with Gasteiger partial charge in [-0.05, 0) is 61.4 Å². The molecule has 0 aliphatic carbocycles. The number of imide groups is 2. The fraction of sp³-hybridized carbons (Fsp3) is 0.103. The van der Waals surface area contributed by atoms with Crippen LogP contribution in [0.5, 0.6) is 0 Å². The molecule has 0 spiro atoms. The molecule has 5 amide bonds. The fourth-order valence-electron chi connectivity index (χ4n) is 4.47. The number of barbiturate groups is 1. The quantitative estimate of drug-likeness (QED) is 0.275. The summed E-state index contributed by atoms with van der Waals surface area (Å²) in [5.74, 6) is -1.79. The summed E-state index contributed by atoms with van der Waals surface area (Å²) in [5.41, 5.74) is 3.63. The van der Waals surface area contributed by atoms with Crippen molar-refractivity contribution in [2.45, 2.75) is 20.4 Å². The van der Waals surface area contributed by atoms with Crippen molar-refractivity contribution in [3.63, 3.8) is 0 Å². The average Bonchev–Trinajstić information content (AvgIpc) is 3.21. The van der Waals surface area contributed by atoms with Gasteiger partial charge in [-0.25, -0.2) is 9.69 Å². The highest BCUT2D eigenvalue weighted by atomic mass is 35.5. The monoisotopic (exact) mass is 526 g/mol. The number of fused-ring (bicyclic) bond motifs is 1. The predicted molar refractivity (Wildman–Crippen MR) is 147 cm³/mol. The highest BCUT2D eigenvalue weighted by Gasteiger charge is 2.37. The van der Waals surface area contributed by atoms with Crippen LogP contribution in [0.25, 0.3) is 17.0 Å². The van der Waals surface area contributed by atoms with Gasteiger partial charge >= 0.3 is 6.03 Å². The van der Waals surface area contributed by atoms with Gasteiger partial charge in [0.2, 0.25) is 5.91 Å². The van der Waals surface area contributed by atoms with Crippen LogP contribution in [-0.2, 0) is 20.9 Å². The number of benzene rings is 3. The van der Waals surface area contributed by atoms with Gasteiger partial charge in [0.25, 0.3) is 11.8 Å². The maximum atomic E-state index is 13.4. The van der Waals surface area contributed by atoms with E-state index < -0.39 is 17.8 Å². The number of aryl methyl sites for hydroxylation is 1. The number of amides is 5. The summed E-state index contributed by atoms with van der Waals surface area (Å²) >= 11 is 6.20. The molecule has 5 rings (SSSR count). The van der Waals surface area contributed by atoms with Crippen molar-refractivity contribution in [3.8, 4) is 0 Å². The van der Waals surface area contributed by atoms with Gasteiger partial charge in [0, 0.05) is 33.4 Å². The van der Waals surface area contributed by atoms with E-state index in [1.165, 1.54) is 6.08 Å². The van der Waals surface area contributed by atoms with E-state index in [0.717, 1.165) is 21.4 Å². The summed E-state index contributed by atoms with van der Waals surface area (Å²) in [4.78, 5) is 52.5. The van der Waals surface area contributed by atoms with Crippen molar-refractivity contribution < 1.29 is 19.2 Å². The van der Waals surface area contributed by atoms with Crippen LogP contribution in [0.1, 0.15) is 16.7 Å². The molecule has 1 aromatic heterocycles. The molecule has 1 fully saturated rings. The van der Waals surface area contributed by atoms with E-state index in [4.69, 9.17) is 11.6 Å². The van der Waals surface area contributed by atoms with E-state index in [-0.39, 0.29) is 23.7 Å². The number of carbonyl (C=O) groups excluding carboxylic acids is 4. The van der Waals surface area contributed by atoms with Crippen LogP contribution < -0.4 is 15.5 Å². The molecule has 2 N–H and O–H groups in total. The van der Waals surface area contributed by atoms with Crippen molar-refractivity contribution in [2.24, 2.45) is 0 Å². The zero-order valence-corrected chi connectivity index (χ0v) is 21.4. The fourth-order valence-corrected chi connectivity index (χ4v) is 4.64. The third-order valence-electron chi connectivity index (χ3n) is 6.32. The molecule has 2 heterocycles. The van der Waals surface area contributed by atoms with Crippen molar-refractivity contribution >= 4 is 63.7 Å². The lowest BCUT2D eigenvalue weighted by Gasteiger charge is -2.27. The lowest BCUT2D eigenvalue weighted by atomic mass is 10.1. The molecule has 38 heavy (non-hydrogen) atoms. The van der Waals surface area contributed by atoms with Crippen LogP contribution in [0.15, 0.2) is 78.5 Å². The van der Waals surface area contributed by atoms with Gasteiger partial charge in [-0.2, -0.15) is 0 Å². The van der Waals surface area contributed by atoms with Crippen LogP contribution in [0.2, 0.25) is 5.02 Å². The summed E-state index contributed by atoms with van der Waals surface area (Å²) in [6.07, 6.45) is 3.15. The maximum absolute atomic E-state index is 13.4. The van der Waals surface area contributed by atoms with Gasteiger partial charge < -0.3 is 9.88 Å². The minimum absolute atomic E-state index is 0.0179. The first-order valence-electron chi connectivity index (χ1n) is 11.8. The zero-order valence-electron chi connectivity index (χ0n) is 20.6. The molecule has 0 atom stereocenters. The van der Waals surface area contributed by atoms with E-state index in [1.807, 2.05) is 55.5 Å². The minimum atomic E-state index is -0.849. The maximum Gasteiger partial charge on any atom is 0.335 e. The summed E-state index contributed by atoms with van der Waals surface area (Å²) in [6.45, 7) is 3.65. The molecule has 190 valence electrons. The molecule has 0 unspecified atom stereocenters. The normalized spacial score (nSPS) is 14.8. The summed E-state index contributed by atoms with van der Waals surface area (Å²) in [5, 5.41) is 6.26. The van der Waals surface area contributed by atoms with Crippen LogP contribution in [0.4, 0.5) is 16.2 Å². The van der Waals surface area contributed by atoms with Gasteiger partial charge in [0.1, 0.15) is 12.1 Å². The smallest absolute Gasteiger partial charge is 0.335 e. The molecule has 0 bridgehead atoms. The number of nitrogens with one attached hydrogen (secondary N) is 2. The van der Waals surface area contributed by atoms with Crippen molar-refractivity contribution in [1.29, 1.82) is 0 Å². The number of halogens is 1. The van der Waals surface area contributed by atoms with Crippen molar-refractivity contribution in [3.05, 3.63) is 100 Å². The van der Waals surface area contributed by atoms with Gasteiger partial charge in [-0.1, -0.05) is 48.0 Å². The number of anilines is 2. The summed E-state index contributed by atoms with van der Waals surface area (Å²) in [7, 11) is 0. The van der Waals surface area contributed by atoms with E-state index >= 15 is 0 Å². The second kappa shape index (κ2) is 9.99. The lowest BCUT2D eigenvalue weighted by molar-refractivity contribution is -0.122. The van der Waals surface area contributed by atoms with E-state index in [1.54, 1.807) is 35.9 Å². The second-order valence-corrected chi connectivity index (χ2v) is 9.40. The van der Waals surface area contributed by atoms with Gasteiger partial charge in [0.05, 0.1) is 5.69 Å². The largest absolute Gasteiger partial charge is 0.337 e. The number of hydrogen-bond donors (Lipinski definition) is 2. The van der Waals surface area contributed by atoms with Crippen LogP contribution >= 0.6 is 11.6 Å². The first-order valence-corrected chi connectivity index (χ1v) is 12.2. The molecule has 1 aliphatic rings. The van der Waals surface area contributed by atoms with Crippen LogP contribution in [0.3, 0.4) is 0 Å². The average molecular weight is 527 g/mol. The Morgan fingerprint density at radius 1 is 1.00 bits per heavy atom. The van der Waals surface area contributed by atoms with Crippen LogP contribution in [0, 0.1) is 13.8 Å². The molecule has 3 aromatic carbocycles. The third-order valence-corrected chi connectivity index (χ3v) is 6.73. The highest BCUT2D eigenvalue weighted by molar-refractivity contribution is 6.40. The Balaban J connectivity index is 1.50. The number of nitrogens with zero attached hydrogens (tertiary/aromatic N) is 2. The van der Waals surface area contributed by atoms with Crippen molar-refractivity contribution in [2.75, 3.05) is 10.2 Å². The minimum Gasteiger partial charge on any atom is -0.337 e. The topological polar surface area (TPSA) is 101 Å². The molecule has 9 heteroatoms. The van der Waals surface area contributed by atoms with E-state index in [0.29, 0.717) is 21.8 Å². The Morgan fingerprint density at radius 2 is 1.76 bits per heavy atom. The first kappa shape index (κ1) is 25.0. The Labute approximate surface area is 223 Å².